The SMILES string of the molecule is COCOc1cc(CC2NC(=O)NC2=O)cc(OCOC)c1OC. The first-order valence-corrected chi connectivity index (χ1v) is 7.14. The van der Waals surface area contributed by atoms with E-state index in [9.17, 15) is 9.59 Å². The number of carbonyl (C=O) groups is 2. The van der Waals surface area contributed by atoms with E-state index in [0.29, 0.717) is 17.2 Å². The number of hydrogen-bond donors (Lipinski definition) is 2. The Morgan fingerprint density at radius 2 is 1.58 bits per heavy atom. The molecule has 1 aromatic carbocycles. The van der Waals surface area contributed by atoms with E-state index in [2.05, 4.69) is 10.6 Å². The van der Waals surface area contributed by atoms with Crippen LogP contribution in [0.3, 0.4) is 0 Å². The zero-order valence-corrected chi connectivity index (χ0v) is 13.7. The predicted molar refractivity (Wildman–Crippen MR) is 82.2 cm³/mol. The van der Waals surface area contributed by atoms with Gasteiger partial charge in [0.15, 0.2) is 25.1 Å². The summed E-state index contributed by atoms with van der Waals surface area (Å²) in [5.41, 5.74) is 0.718. The predicted octanol–water partition coefficient (Wildman–Crippen LogP) is 0.411. The van der Waals surface area contributed by atoms with Gasteiger partial charge in [-0.25, -0.2) is 4.79 Å². The molecule has 1 saturated heterocycles. The molecule has 2 rings (SSSR count). The zero-order valence-electron chi connectivity index (χ0n) is 13.7. The molecule has 0 saturated carbocycles. The molecule has 1 aliphatic heterocycles. The number of amides is 3. The Bertz CT molecular complexity index is 576. The van der Waals surface area contributed by atoms with Gasteiger partial charge in [-0.3, -0.25) is 10.1 Å². The Morgan fingerprint density at radius 3 is 2.00 bits per heavy atom. The summed E-state index contributed by atoms with van der Waals surface area (Å²) in [5.74, 6) is 0.794. The van der Waals surface area contributed by atoms with E-state index in [1.807, 2.05) is 0 Å². The van der Waals surface area contributed by atoms with Crippen molar-refractivity contribution < 1.29 is 33.3 Å². The number of hydrogen-bond acceptors (Lipinski definition) is 7. The van der Waals surface area contributed by atoms with Crippen LogP contribution in [0.2, 0.25) is 0 Å². The van der Waals surface area contributed by atoms with Gasteiger partial charge in [0, 0.05) is 20.6 Å². The third-order valence-corrected chi connectivity index (χ3v) is 3.25. The molecule has 132 valence electrons. The number of nitrogens with one attached hydrogen (secondary N) is 2. The van der Waals surface area contributed by atoms with Crippen molar-refractivity contribution in [2.75, 3.05) is 34.9 Å². The normalized spacial score (nSPS) is 16.5. The highest BCUT2D eigenvalue weighted by molar-refractivity contribution is 6.04. The highest BCUT2D eigenvalue weighted by Gasteiger charge is 2.30. The number of carbonyl (C=O) groups excluding carboxylic acids is 2. The van der Waals surface area contributed by atoms with Gasteiger partial charge >= 0.3 is 6.03 Å². The molecule has 9 nitrogen and oxygen atoms in total. The lowest BCUT2D eigenvalue weighted by Crippen LogP contribution is -2.31. The quantitative estimate of drug-likeness (QED) is 0.495. The largest absolute Gasteiger partial charge is 0.490 e. The third-order valence-electron chi connectivity index (χ3n) is 3.25. The molecule has 0 aliphatic carbocycles. The highest BCUT2D eigenvalue weighted by Crippen LogP contribution is 2.39. The summed E-state index contributed by atoms with van der Waals surface area (Å²) in [6, 6.07) is 2.24. The van der Waals surface area contributed by atoms with E-state index >= 15 is 0 Å². The van der Waals surface area contributed by atoms with E-state index in [0.717, 1.165) is 5.56 Å². The number of ether oxygens (including phenoxy) is 5. The van der Waals surface area contributed by atoms with Crippen LogP contribution >= 0.6 is 0 Å². The second kappa shape index (κ2) is 8.37. The second-order valence-corrected chi connectivity index (χ2v) is 4.95. The Kier molecular flexibility index (Phi) is 6.21. The topological polar surface area (TPSA) is 104 Å². The number of urea groups is 1. The van der Waals surface area contributed by atoms with Crippen LogP contribution in [0.25, 0.3) is 0 Å². The lowest BCUT2D eigenvalue weighted by atomic mass is 10.0. The van der Waals surface area contributed by atoms with Crippen molar-refractivity contribution in [2.24, 2.45) is 0 Å². The Morgan fingerprint density at radius 1 is 1.00 bits per heavy atom. The summed E-state index contributed by atoms with van der Waals surface area (Å²) >= 11 is 0. The van der Waals surface area contributed by atoms with Crippen LogP contribution in [0.5, 0.6) is 17.2 Å². The van der Waals surface area contributed by atoms with Gasteiger partial charge in [-0.15, -0.1) is 0 Å². The average Bonchev–Trinajstić information content (AvgIpc) is 2.88. The first-order valence-electron chi connectivity index (χ1n) is 7.14. The van der Waals surface area contributed by atoms with Crippen LogP contribution in [-0.2, 0) is 20.7 Å². The summed E-state index contributed by atoms with van der Waals surface area (Å²) in [6.45, 7) is 0.0361. The molecule has 2 N–H and O–H groups in total. The van der Waals surface area contributed by atoms with E-state index in [1.54, 1.807) is 12.1 Å². The Hall–Kier alpha value is -2.52. The molecule has 1 heterocycles. The highest BCUT2D eigenvalue weighted by atomic mass is 16.7. The molecule has 0 aromatic heterocycles. The van der Waals surface area contributed by atoms with Gasteiger partial charge in [-0.1, -0.05) is 0 Å². The average molecular weight is 340 g/mol. The molecule has 0 radical (unpaired) electrons. The van der Waals surface area contributed by atoms with Crippen LogP contribution in [0, 0.1) is 0 Å². The first kappa shape index (κ1) is 17.8. The molecule has 1 unspecified atom stereocenters. The lowest BCUT2D eigenvalue weighted by molar-refractivity contribution is -0.120. The summed E-state index contributed by atoms with van der Waals surface area (Å²) < 4.78 is 26.1. The molecule has 1 aromatic rings. The molecule has 1 aliphatic rings. The third kappa shape index (κ3) is 4.27. The Balaban J connectivity index is 2.28. The molecule has 24 heavy (non-hydrogen) atoms. The van der Waals surface area contributed by atoms with Gasteiger partial charge in [0.2, 0.25) is 5.75 Å². The summed E-state index contributed by atoms with van der Waals surface area (Å²) in [4.78, 5) is 22.9. The van der Waals surface area contributed by atoms with Crippen LogP contribution in [0.1, 0.15) is 5.56 Å². The van der Waals surface area contributed by atoms with Gasteiger partial charge < -0.3 is 29.0 Å². The van der Waals surface area contributed by atoms with Crippen LogP contribution in [0.4, 0.5) is 4.79 Å². The Labute approximate surface area is 139 Å². The number of rotatable bonds is 9. The summed E-state index contributed by atoms with van der Waals surface area (Å²) in [7, 11) is 4.48. The van der Waals surface area contributed by atoms with E-state index in [4.69, 9.17) is 23.7 Å². The molecule has 9 heteroatoms. The summed E-state index contributed by atoms with van der Waals surface area (Å²) in [5, 5.41) is 4.74. The molecular formula is C15H20N2O7. The van der Waals surface area contributed by atoms with E-state index in [1.165, 1.54) is 21.3 Å². The monoisotopic (exact) mass is 340 g/mol. The zero-order chi connectivity index (χ0) is 17.5. The fourth-order valence-corrected chi connectivity index (χ4v) is 2.25. The van der Waals surface area contributed by atoms with Crippen molar-refractivity contribution >= 4 is 11.9 Å². The van der Waals surface area contributed by atoms with Crippen molar-refractivity contribution in [2.45, 2.75) is 12.5 Å². The van der Waals surface area contributed by atoms with E-state index < -0.39 is 12.1 Å². The maximum atomic E-state index is 11.7. The minimum Gasteiger partial charge on any atom is -0.490 e. The van der Waals surface area contributed by atoms with E-state index in [-0.39, 0.29) is 25.9 Å². The maximum Gasteiger partial charge on any atom is 0.322 e. The lowest BCUT2D eigenvalue weighted by Gasteiger charge is -2.17. The van der Waals surface area contributed by atoms with Crippen molar-refractivity contribution in [3.05, 3.63) is 17.7 Å². The smallest absolute Gasteiger partial charge is 0.322 e. The fraction of sp³-hybridized carbons (Fsp3) is 0.467. The first-order chi connectivity index (χ1) is 11.6. The maximum absolute atomic E-state index is 11.7. The van der Waals surface area contributed by atoms with Crippen molar-refractivity contribution in [3.63, 3.8) is 0 Å². The second-order valence-electron chi connectivity index (χ2n) is 4.95. The fourth-order valence-electron chi connectivity index (χ4n) is 2.25. The minimum absolute atomic E-state index is 0.0180. The van der Waals surface area contributed by atoms with Crippen LogP contribution in [0.15, 0.2) is 12.1 Å². The number of methoxy groups -OCH3 is 3. The minimum atomic E-state index is -0.656. The van der Waals surface area contributed by atoms with Gasteiger partial charge in [0.1, 0.15) is 6.04 Å². The number of benzene rings is 1. The van der Waals surface area contributed by atoms with Gasteiger partial charge in [-0.2, -0.15) is 0 Å². The van der Waals surface area contributed by atoms with Crippen LogP contribution in [-0.4, -0.2) is 52.9 Å². The molecule has 1 fully saturated rings. The summed E-state index contributed by atoms with van der Waals surface area (Å²) in [6.07, 6.45) is 0.272. The molecule has 1 atom stereocenters. The van der Waals surface area contributed by atoms with Crippen LogP contribution < -0.4 is 24.8 Å². The van der Waals surface area contributed by atoms with Crippen molar-refractivity contribution in [3.8, 4) is 17.2 Å². The van der Waals surface area contributed by atoms with Gasteiger partial charge in [-0.05, 0) is 17.7 Å². The molecular weight excluding hydrogens is 320 g/mol. The number of imide groups is 1. The van der Waals surface area contributed by atoms with Gasteiger partial charge in [0.25, 0.3) is 5.91 Å². The molecule has 3 amide bonds. The molecule has 0 bridgehead atoms. The van der Waals surface area contributed by atoms with Crippen molar-refractivity contribution in [1.82, 2.24) is 10.6 Å². The molecule has 0 spiro atoms. The standard InChI is InChI=1S/C15H20N2O7/c1-20-7-23-11-5-9(4-10-14(18)17-15(19)16-10)6-12(13(11)22-3)24-8-21-2/h5-6,10H,4,7-8H2,1-3H3,(H2,16,17,18,19). The van der Waals surface area contributed by atoms with Crippen molar-refractivity contribution in [1.29, 1.82) is 0 Å². The van der Waals surface area contributed by atoms with Gasteiger partial charge in [0.05, 0.1) is 7.11 Å².